The summed E-state index contributed by atoms with van der Waals surface area (Å²) in [6.45, 7) is 2.28. The van der Waals surface area contributed by atoms with E-state index in [1.807, 2.05) is 18.2 Å². The summed E-state index contributed by atoms with van der Waals surface area (Å²) in [5, 5.41) is 11.1. The first-order valence-electron chi connectivity index (χ1n) is 8.64. The van der Waals surface area contributed by atoms with Crippen molar-refractivity contribution in [3.05, 3.63) is 60.6 Å². The fourth-order valence-electron chi connectivity index (χ4n) is 2.95. The molecule has 0 radical (unpaired) electrons. The van der Waals surface area contributed by atoms with Crippen LogP contribution in [0, 0.1) is 5.82 Å². The van der Waals surface area contributed by atoms with Gasteiger partial charge < -0.3 is 19.5 Å². The molecule has 0 bridgehead atoms. The van der Waals surface area contributed by atoms with Gasteiger partial charge in [0, 0.05) is 26.2 Å². The van der Waals surface area contributed by atoms with Gasteiger partial charge in [0.2, 0.25) is 0 Å². The van der Waals surface area contributed by atoms with Gasteiger partial charge in [-0.2, -0.15) is 0 Å². The second-order valence-electron chi connectivity index (χ2n) is 6.14. The number of anilines is 2. The number of nitrogens with zero attached hydrogens (tertiary/aromatic N) is 4. The first-order valence-corrected chi connectivity index (χ1v) is 8.64. The molecule has 1 N–H and O–H groups in total. The largest absolute Gasteiger partial charge is 0.463 e. The highest BCUT2D eigenvalue weighted by Gasteiger charge is 2.22. The highest BCUT2D eigenvalue weighted by Crippen LogP contribution is 2.20. The van der Waals surface area contributed by atoms with Crippen LogP contribution in [0.4, 0.5) is 20.7 Å². The van der Waals surface area contributed by atoms with Gasteiger partial charge in [-0.15, -0.1) is 10.2 Å². The smallest absolute Gasteiger partial charge is 0.322 e. The lowest BCUT2D eigenvalue weighted by Crippen LogP contribution is -2.50. The molecule has 8 heteroatoms. The molecule has 1 aromatic carbocycles. The van der Waals surface area contributed by atoms with E-state index in [4.69, 9.17) is 4.42 Å². The molecule has 2 amide bonds. The maximum absolute atomic E-state index is 13.7. The number of carbonyl (C=O) groups is 1. The fraction of sp³-hybridized carbons (Fsp3) is 0.211. The van der Waals surface area contributed by atoms with Gasteiger partial charge in [0.05, 0.1) is 12.0 Å². The van der Waals surface area contributed by atoms with E-state index in [1.165, 1.54) is 6.07 Å². The van der Waals surface area contributed by atoms with Gasteiger partial charge in [-0.1, -0.05) is 12.1 Å². The van der Waals surface area contributed by atoms with Gasteiger partial charge in [0.15, 0.2) is 11.6 Å². The van der Waals surface area contributed by atoms with Crippen molar-refractivity contribution >= 4 is 17.5 Å². The zero-order valence-corrected chi connectivity index (χ0v) is 14.5. The average Bonchev–Trinajstić information content (AvgIpc) is 3.25. The number of aromatic nitrogens is 2. The van der Waals surface area contributed by atoms with Crippen molar-refractivity contribution in [2.45, 2.75) is 0 Å². The van der Waals surface area contributed by atoms with E-state index in [2.05, 4.69) is 20.4 Å². The van der Waals surface area contributed by atoms with Gasteiger partial charge in [-0.05, 0) is 36.4 Å². The minimum atomic E-state index is -0.448. The molecule has 138 valence electrons. The predicted octanol–water partition coefficient (Wildman–Crippen LogP) is 3.23. The van der Waals surface area contributed by atoms with Crippen LogP contribution in [0.15, 0.2) is 59.2 Å². The number of piperazine rings is 1. The summed E-state index contributed by atoms with van der Waals surface area (Å²) < 4.78 is 19.0. The van der Waals surface area contributed by atoms with Crippen LogP contribution in [0.5, 0.6) is 0 Å². The molecule has 0 saturated carbocycles. The zero-order chi connectivity index (χ0) is 18.6. The predicted molar refractivity (Wildman–Crippen MR) is 98.9 cm³/mol. The summed E-state index contributed by atoms with van der Waals surface area (Å²) in [7, 11) is 0. The van der Waals surface area contributed by atoms with Crippen LogP contribution in [0.1, 0.15) is 0 Å². The lowest BCUT2D eigenvalue weighted by Gasteiger charge is -2.35. The number of furan rings is 1. The number of nitrogens with one attached hydrogen (secondary N) is 1. The molecule has 2 aromatic heterocycles. The second kappa shape index (κ2) is 7.45. The maximum atomic E-state index is 13.7. The van der Waals surface area contributed by atoms with Crippen LogP contribution in [-0.2, 0) is 0 Å². The van der Waals surface area contributed by atoms with E-state index < -0.39 is 5.82 Å². The Bertz CT molecular complexity index is 906. The van der Waals surface area contributed by atoms with E-state index in [0.717, 1.165) is 5.82 Å². The van der Waals surface area contributed by atoms with Crippen LogP contribution in [0.25, 0.3) is 11.5 Å². The second-order valence-corrected chi connectivity index (χ2v) is 6.14. The number of hydrogen-bond donors (Lipinski definition) is 1. The zero-order valence-electron chi connectivity index (χ0n) is 14.5. The number of rotatable bonds is 3. The molecule has 0 aliphatic carbocycles. The molecular weight excluding hydrogens is 349 g/mol. The Labute approximate surface area is 155 Å². The standard InChI is InChI=1S/C19H18FN5O2/c20-14-4-1-2-5-15(14)21-19(26)25-11-9-24(10-12-25)18-8-7-16(22-23-18)17-6-3-13-27-17/h1-8,13H,9-12H2,(H,21,26). The topological polar surface area (TPSA) is 74.5 Å². The van der Waals surface area contributed by atoms with E-state index in [-0.39, 0.29) is 11.7 Å². The monoisotopic (exact) mass is 367 g/mol. The van der Waals surface area contributed by atoms with E-state index in [9.17, 15) is 9.18 Å². The summed E-state index contributed by atoms with van der Waals surface area (Å²) in [6.07, 6.45) is 1.59. The van der Waals surface area contributed by atoms with Crippen molar-refractivity contribution in [1.29, 1.82) is 0 Å². The Kier molecular flexibility index (Phi) is 4.69. The average molecular weight is 367 g/mol. The molecule has 3 heterocycles. The number of urea groups is 1. The van der Waals surface area contributed by atoms with Gasteiger partial charge in [-0.25, -0.2) is 9.18 Å². The Balaban J connectivity index is 1.34. The van der Waals surface area contributed by atoms with Gasteiger partial charge in [0.25, 0.3) is 0 Å². The first-order chi connectivity index (χ1) is 13.2. The van der Waals surface area contributed by atoms with E-state index >= 15 is 0 Å². The molecule has 7 nitrogen and oxygen atoms in total. The molecule has 0 unspecified atom stereocenters. The van der Waals surface area contributed by atoms with Gasteiger partial charge in [-0.3, -0.25) is 0 Å². The van der Waals surface area contributed by atoms with Gasteiger partial charge in [0.1, 0.15) is 11.5 Å². The number of hydrogen-bond acceptors (Lipinski definition) is 5. The minimum absolute atomic E-state index is 0.185. The third-order valence-electron chi connectivity index (χ3n) is 4.43. The number of halogens is 1. The number of amides is 2. The SMILES string of the molecule is O=C(Nc1ccccc1F)N1CCN(c2ccc(-c3ccco3)nn2)CC1. The molecule has 1 aliphatic heterocycles. The quantitative estimate of drug-likeness (QED) is 0.769. The molecule has 1 saturated heterocycles. The highest BCUT2D eigenvalue weighted by atomic mass is 19.1. The molecule has 27 heavy (non-hydrogen) atoms. The van der Waals surface area contributed by atoms with Crippen LogP contribution in [0.2, 0.25) is 0 Å². The number of carbonyl (C=O) groups excluding carboxylic acids is 1. The molecule has 3 aromatic rings. The van der Waals surface area contributed by atoms with Crippen molar-refractivity contribution in [1.82, 2.24) is 15.1 Å². The van der Waals surface area contributed by atoms with E-state index in [0.29, 0.717) is 37.6 Å². The van der Waals surface area contributed by atoms with Crippen molar-refractivity contribution in [3.63, 3.8) is 0 Å². The molecule has 1 aliphatic rings. The summed E-state index contributed by atoms with van der Waals surface area (Å²) >= 11 is 0. The fourth-order valence-corrected chi connectivity index (χ4v) is 2.95. The highest BCUT2D eigenvalue weighted by molar-refractivity contribution is 5.89. The van der Waals surface area contributed by atoms with Crippen LogP contribution in [0.3, 0.4) is 0 Å². The first kappa shape index (κ1) is 17.0. The molecule has 0 atom stereocenters. The summed E-state index contributed by atoms with van der Waals surface area (Å²) in [6, 6.07) is 13.2. The van der Waals surface area contributed by atoms with Crippen LogP contribution >= 0.6 is 0 Å². The van der Waals surface area contributed by atoms with Crippen LogP contribution in [-0.4, -0.2) is 47.3 Å². The van der Waals surface area contributed by atoms with Crippen molar-refractivity contribution < 1.29 is 13.6 Å². The Morgan fingerprint density at radius 1 is 1.00 bits per heavy atom. The summed E-state index contributed by atoms with van der Waals surface area (Å²) in [5.41, 5.74) is 0.857. The third-order valence-corrected chi connectivity index (χ3v) is 4.43. The lowest BCUT2D eigenvalue weighted by molar-refractivity contribution is 0.208. The maximum Gasteiger partial charge on any atom is 0.322 e. The van der Waals surface area contributed by atoms with Crippen molar-refractivity contribution in [2.24, 2.45) is 0 Å². The summed E-state index contributed by atoms with van der Waals surface area (Å²) in [4.78, 5) is 16.1. The Morgan fingerprint density at radius 3 is 2.48 bits per heavy atom. The minimum Gasteiger partial charge on any atom is -0.463 e. The van der Waals surface area contributed by atoms with Crippen molar-refractivity contribution in [2.75, 3.05) is 36.4 Å². The number of para-hydroxylation sites is 1. The lowest BCUT2D eigenvalue weighted by atomic mass is 10.3. The molecule has 0 spiro atoms. The normalized spacial score (nSPS) is 14.3. The molecule has 1 fully saturated rings. The Morgan fingerprint density at radius 2 is 1.81 bits per heavy atom. The van der Waals surface area contributed by atoms with Gasteiger partial charge >= 0.3 is 6.03 Å². The molecule has 4 rings (SSSR count). The summed E-state index contributed by atoms with van der Waals surface area (Å²) in [5.74, 6) is 0.972. The Hall–Kier alpha value is -3.42. The number of benzene rings is 1. The van der Waals surface area contributed by atoms with Crippen molar-refractivity contribution in [3.8, 4) is 11.5 Å². The van der Waals surface area contributed by atoms with E-state index in [1.54, 1.807) is 35.4 Å². The molecular formula is C19H18FN5O2. The van der Waals surface area contributed by atoms with Crippen LogP contribution < -0.4 is 10.2 Å². The third kappa shape index (κ3) is 3.74.